The number of carbonyl (C=O) groups excluding carboxylic acids is 1. The van der Waals surface area contributed by atoms with Crippen molar-refractivity contribution in [3.05, 3.63) is 11.6 Å². The molecule has 2 rings (SSSR count). The van der Waals surface area contributed by atoms with Gasteiger partial charge in [-0.2, -0.15) is 0 Å². The topological polar surface area (TPSA) is 26.3 Å². The summed E-state index contributed by atoms with van der Waals surface area (Å²) in [5.41, 5.74) is 1.27. The van der Waals surface area contributed by atoms with Crippen LogP contribution in [0.5, 0.6) is 0 Å². The molecule has 0 aromatic rings. The fraction of sp³-hybridized carbons (Fsp3) is 0.812. The first-order valence-corrected chi connectivity index (χ1v) is 10.6. The van der Waals surface area contributed by atoms with Crippen LogP contribution in [0.4, 0.5) is 0 Å². The highest BCUT2D eigenvalue weighted by Gasteiger charge is 2.46. The Morgan fingerprint density at radius 2 is 1.68 bits per heavy atom. The molecular formula is C16H28O2Si. The molecule has 1 fully saturated rings. The molecule has 3 heteroatoms. The molecule has 1 atom stereocenters. The summed E-state index contributed by atoms with van der Waals surface area (Å²) in [6, 6.07) is 3.59. The minimum absolute atomic E-state index is 0.0551. The van der Waals surface area contributed by atoms with E-state index >= 15 is 0 Å². The molecule has 0 heterocycles. The van der Waals surface area contributed by atoms with Crippen LogP contribution in [0.2, 0.25) is 18.1 Å². The first kappa shape index (κ1) is 15.0. The molecule has 0 N–H and O–H groups in total. The first-order chi connectivity index (χ1) is 9.10. The van der Waals surface area contributed by atoms with Crippen molar-refractivity contribution in [2.24, 2.45) is 0 Å². The van der Waals surface area contributed by atoms with Crippen LogP contribution in [0.1, 0.15) is 59.3 Å². The van der Waals surface area contributed by atoms with Crippen LogP contribution < -0.4 is 0 Å². The molecule has 1 unspecified atom stereocenters. The number of ketones is 1. The van der Waals surface area contributed by atoms with E-state index in [4.69, 9.17) is 4.43 Å². The molecule has 0 radical (unpaired) electrons. The van der Waals surface area contributed by atoms with E-state index in [1.165, 1.54) is 30.1 Å². The Morgan fingerprint density at radius 3 is 2.26 bits per heavy atom. The SMILES string of the molecule is CC[Si](CC)(CC)OC12CCCC(=O)C=C1CCC2. The normalized spacial score (nSPS) is 27.9. The highest BCUT2D eigenvalue weighted by Crippen LogP contribution is 2.46. The maximum atomic E-state index is 11.8. The Morgan fingerprint density at radius 1 is 1.11 bits per heavy atom. The van der Waals surface area contributed by atoms with Crippen molar-refractivity contribution in [3.63, 3.8) is 0 Å². The molecule has 2 nitrogen and oxygen atoms in total. The zero-order valence-corrected chi connectivity index (χ0v) is 13.8. The first-order valence-electron chi connectivity index (χ1n) is 8.04. The van der Waals surface area contributed by atoms with E-state index in [-0.39, 0.29) is 5.60 Å². The second-order valence-corrected chi connectivity index (χ2v) is 10.9. The van der Waals surface area contributed by atoms with E-state index in [0.29, 0.717) is 12.2 Å². The van der Waals surface area contributed by atoms with E-state index in [1.54, 1.807) is 0 Å². The molecule has 19 heavy (non-hydrogen) atoms. The second kappa shape index (κ2) is 5.92. The lowest BCUT2D eigenvalue weighted by Crippen LogP contribution is -2.46. The van der Waals surface area contributed by atoms with Crippen LogP contribution in [0.3, 0.4) is 0 Å². The summed E-state index contributed by atoms with van der Waals surface area (Å²) in [7, 11) is -1.60. The number of rotatable bonds is 5. The molecule has 0 spiro atoms. The third kappa shape index (κ3) is 2.87. The van der Waals surface area contributed by atoms with Gasteiger partial charge in [0.2, 0.25) is 0 Å². The van der Waals surface area contributed by atoms with E-state index in [1.807, 2.05) is 6.08 Å². The molecule has 2 aliphatic carbocycles. The zero-order chi connectivity index (χ0) is 13.9. The molecule has 108 valence electrons. The maximum Gasteiger partial charge on any atom is 0.193 e. The van der Waals surface area contributed by atoms with Crippen LogP contribution in [0.25, 0.3) is 0 Å². The van der Waals surface area contributed by atoms with Gasteiger partial charge in [0.25, 0.3) is 0 Å². The van der Waals surface area contributed by atoms with Crippen molar-refractivity contribution in [3.8, 4) is 0 Å². The Kier molecular flexibility index (Phi) is 4.67. The van der Waals surface area contributed by atoms with Crippen molar-refractivity contribution in [1.82, 2.24) is 0 Å². The quantitative estimate of drug-likeness (QED) is 0.687. The molecule has 0 saturated heterocycles. The predicted molar refractivity (Wildman–Crippen MR) is 81.8 cm³/mol. The Hall–Kier alpha value is -0.413. The standard InChI is InChI=1S/C16H28O2Si/c1-4-19(5-2,6-3)18-16-11-7-9-14(16)13-15(17)10-8-12-16/h13H,4-12H2,1-3H3. The van der Waals surface area contributed by atoms with Crippen LogP contribution in [0, 0.1) is 0 Å². The van der Waals surface area contributed by atoms with Crippen molar-refractivity contribution in [2.45, 2.75) is 83.0 Å². The summed E-state index contributed by atoms with van der Waals surface area (Å²) in [4.78, 5) is 11.8. The average molecular weight is 280 g/mol. The van der Waals surface area contributed by atoms with Gasteiger partial charge in [-0.05, 0) is 61.9 Å². The number of fused-ring (bicyclic) bond motifs is 1. The van der Waals surface area contributed by atoms with Gasteiger partial charge < -0.3 is 4.43 Å². The van der Waals surface area contributed by atoms with Crippen molar-refractivity contribution >= 4 is 14.1 Å². The van der Waals surface area contributed by atoms with Gasteiger partial charge in [-0.25, -0.2) is 0 Å². The molecule has 0 aromatic heterocycles. The Balaban J connectivity index is 2.29. The molecule has 0 amide bonds. The van der Waals surface area contributed by atoms with Crippen molar-refractivity contribution in [2.75, 3.05) is 0 Å². The molecule has 0 aliphatic heterocycles. The zero-order valence-electron chi connectivity index (χ0n) is 12.8. The van der Waals surface area contributed by atoms with Gasteiger partial charge >= 0.3 is 0 Å². The fourth-order valence-electron chi connectivity index (χ4n) is 3.81. The average Bonchev–Trinajstić information content (AvgIpc) is 2.72. The highest BCUT2D eigenvalue weighted by molar-refractivity contribution is 6.73. The van der Waals surface area contributed by atoms with E-state index in [0.717, 1.165) is 25.7 Å². The smallest absolute Gasteiger partial charge is 0.193 e. The number of hydrogen-bond donors (Lipinski definition) is 0. The number of allylic oxidation sites excluding steroid dienone is 1. The van der Waals surface area contributed by atoms with Gasteiger partial charge in [0.05, 0.1) is 5.60 Å². The third-order valence-electron chi connectivity index (χ3n) is 5.30. The second-order valence-electron chi connectivity index (χ2n) is 6.18. The van der Waals surface area contributed by atoms with Gasteiger partial charge in [0.1, 0.15) is 0 Å². The maximum absolute atomic E-state index is 11.8. The van der Waals surface area contributed by atoms with Gasteiger partial charge in [-0.15, -0.1) is 0 Å². The summed E-state index contributed by atoms with van der Waals surface area (Å²) in [5.74, 6) is 0.319. The van der Waals surface area contributed by atoms with Gasteiger partial charge in [-0.1, -0.05) is 20.8 Å². The number of carbonyl (C=O) groups is 1. The predicted octanol–water partition coefficient (Wildman–Crippen LogP) is 4.61. The van der Waals surface area contributed by atoms with Gasteiger partial charge in [0.15, 0.2) is 14.1 Å². The van der Waals surface area contributed by atoms with Crippen molar-refractivity contribution in [1.29, 1.82) is 0 Å². The summed E-state index contributed by atoms with van der Waals surface area (Å²) in [6.07, 6.45) is 8.13. The molecule has 2 aliphatic rings. The van der Waals surface area contributed by atoms with Crippen LogP contribution >= 0.6 is 0 Å². The lowest BCUT2D eigenvalue weighted by atomic mass is 9.93. The molecule has 0 aromatic carbocycles. The van der Waals surface area contributed by atoms with Gasteiger partial charge in [-0.3, -0.25) is 4.79 Å². The van der Waals surface area contributed by atoms with E-state index in [9.17, 15) is 4.79 Å². The fourth-order valence-corrected chi connectivity index (χ4v) is 6.90. The number of hydrogen-bond acceptors (Lipinski definition) is 2. The monoisotopic (exact) mass is 280 g/mol. The summed E-state index contributed by atoms with van der Waals surface area (Å²) in [6.45, 7) is 6.86. The highest BCUT2D eigenvalue weighted by atomic mass is 28.4. The summed E-state index contributed by atoms with van der Waals surface area (Å²) >= 11 is 0. The minimum Gasteiger partial charge on any atom is -0.408 e. The largest absolute Gasteiger partial charge is 0.408 e. The van der Waals surface area contributed by atoms with E-state index in [2.05, 4.69) is 20.8 Å². The Labute approximate surface area is 118 Å². The summed E-state index contributed by atoms with van der Waals surface area (Å²) in [5, 5.41) is 0. The summed E-state index contributed by atoms with van der Waals surface area (Å²) < 4.78 is 6.88. The van der Waals surface area contributed by atoms with Crippen molar-refractivity contribution < 1.29 is 9.22 Å². The lowest BCUT2D eigenvalue weighted by Gasteiger charge is -2.41. The third-order valence-corrected chi connectivity index (χ3v) is 9.99. The van der Waals surface area contributed by atoms with Crippen LogP contribution in [-0.2, 0) is 9.22 Å². The molecule has 1 saturated carbocycles. The minimum atomic E-state index is -1.60. The van der Waals surface area contributed by atoms with Gasteiger partial charge in [0, 0.05) is 6.42 Å². The van der Waals surface area contributed by atoms with Crippen LogP contribution in [0.15, 0.2) is 11.6 Å². The molecular weight excluding hydrogens is 252 g/mol. The lowest BCUT2D eigenvalue weighted by molar-refractivity contribution is -0.114. The molecule has 0 bridgehead atoms. The van der Waals surface area contributed by atoms with Crippen LogP contribution in [-0.4, -0.2) is 19.7 Å². The van der Waals surface area contributed by atoms with E-state index < -0.39 is 8.32 Å². The Bertz CT molecular complexity index is 363.